The molecular weight excluding hydrogens is 244 g/mol. The van der Waals surface area contributed by atoms with E-state index in [0.717, 1.165) is 19.3 Å². The number of hydrogen-bond donors (Lipinski definition) is 1. The second-order valence-corrected chi connectivity index (χ2v) is 7.03. The van der Waals surface area contributed by atoms with Gasteiger partial charge in [-0.1, -0.05) is 20.8 Å². The highest BCUT2D eigenvalue weighted by Crippen LogP contribution is 2.39. The predicted molar refractivity (Wildman–Crippen MR) is 72.1 cm³/mol. The summed E-state index contributed by atoms with van der Waals surface area (Å²) >= 11 is 0. The van der Waals surface area contributed by atoms with Crippen molar-refractivity contribution in [2.45, 2.75) is 71.2 Å². The Morgan fingerprint density at radius 2 is 2.11 bits per heavy atom. The standard InChI is InChI=1S/C15H26O4/c1-10-6-12(8-15(2,3)7-10)18-9-11-4-5-13(19-11)14(16)17/h10-13H,4-9H2,1-3H3,(H,16,17). The van der Waals surface area contributed by atoms with E-state index in [1.54, 1.807) is 0 Å². The van der Waals surface area contributed by atoms with E-state index in [4.69, 9.17) is 14.6 Å². The van der Waals surface area contributed by atoms with Crippen molar-refractivity contribution in [3.8, 4) is 0 Å². The monoisotopic (exact) mass is 270 g/mol. The summed E-state index contributed by atoms with van der Waals surface area (Å²) in [5.74, 6) is -0.153. The van der Waals surface area contributed by atoms with Crippen LogP contribution in [0.4, 0.5) is 0 Å². The molecule has 0 aromatic rings. The zero-order valence-corrected chi connectivity index (χ0v) is 12.2. The molecule has 2 aliphatic rings. The summed E-state index contributed by atoms with van der Waals surface area (Å²) in [7, 11) is 0. The van der Waals surface area contributed by atoms with Crippen LogP contribution in [0.15, 0.2) is 0 Å². The molecular formula is C15H26O4. The maximum atomic E-state index is 10.8. The van der Waals surface area contributed by atoms with Crippen molar-refractivity contribution >= 4 is 5.97 Å². The molecule has 2 fully saturated rings. The lowest BCUT2D eigenvalue weighted by Gasteiger charge is -2.39. The second kappa shape index (κ2) is 5.80. The minimum absolute atomic E-state index is 0.0403. The fourth-order valence-electron chi connectivity index (χ4n) is 3.64. The molecule has 4 nitrogen and oxygen atoms in total. The number of aliphatic carboxylic acids is 1. The molecule has 4 atom stereocenters. The molecule has 4 unspecified atom stereocenters. The lowest BCUT2D eigenvalue weighted by molar-refractivity contribution is -0.151. The Balaban J connectivity index is 1.75. The minimum atomic E-state index is -0.852. The topological polar surface area (TPSA) is 55.8 Å². The van der Waals surface area contributed by atoms with Gasteiger partial charge in [0.1, 0.15) is 0 Å². The molecule has 1 aliphatic heterocycles. The van der Waals surface area contributed by atoms with E-state index in [9.17, 15) is 4.79 Å². The van der Waals surface area contributed by atoms with Gasteiger partial charge in [-0.15, -0.1) is 0 Å². The minimum Gasteiger partial charge on any atom is -0.479 e. The van der Waals surface area contributed by atoms with Crippen LogP contribution in [0.25, 0.3) is 0 Å². The van der Waals surface area contributed by atoms with Crippen molar-refractivity contribution in [2.75, 3.05) is 6.61 Å². The van der Waals surface area contributed by atoms with E-state index in [1.807, 2.05) is 0 Å². The smallest absolute Gasteiger partial charge is 0.332 e. The van der Waals surface area contributed by atoms with Gasteiger partial charge >= 0.3 is 5.97 Å². The molecule has 1 aliphatic carbocycles. The average molecular weight is 270 g/mol. The van der Waals surface area contributed by atoms with Crippen molar-refractivity contribution in [2.24, 2.45) is 11.3 Å². The molecule has 1 heterocycles. The molecule has 0 spiro atoms. The molecule has 0 radical (unpaired) electrons. The number of carbonyl (C=O) groups is 1. The summed E-state index contributed by atoms with van der Waals surface area (Å²) in [6.45, 7) is 7.41. The number of hydrogen-bond acceptors (Lipinski definition) is 3. The first-order valence-corrected chi connectivity index (χ1v) is 7.35. The van der Waals surface area contributed by atoms with E-state index in [-0.39, 0.29) is 6.10 Å². The van der Waals surface area contributed by atoms with Gasteiger partial charge in [0.05, 0.1) is 18.8 Å². The fraction of sp³-hybridized carbons (Fsp3) is 0.933. The van der Waals surface area contributed by atoms with Crippen LogP contribution in [0, 0.1) is 11.3 Å². The van der Waals surface area contributed by atoms with E-state index >= 15 is 0 Å². The van der Waals surface area contributed by atoms with Crippen LogP contribution in [0.2, 0.25) is 0 Å². The lowest BCUT2D eigenvalue weighted by atomic mass is 9.71. The molecule has 1 N–H and O–H groups in total. The molecule has 0 amide bonds. The van der Waals surface area contributed by atoms with Gasteiger partial charge in [-0.3, -0.25) is 0 Å². The van der Waals surface area contributed by atoms with Gasteiger partial charge in [-0.25, -0.2) is 4.79 Å². The Morgan fingerprint density at radius 1 is 1.37 bits per heavy atom. The van der Waals surface area contributed by atoms with Crippen molar-refractivity contribution < 1.29 is 19.4 Å². The fourth-order valence-corrected chi connectivity index (χ4v) is 3.64. The molecule has 1 saturated heterocycles. The van der Waals surface area contributed by atoms with E-state index < -0.39 is 12.1 Å². The van der Waals surface area contributed by atoms with Crippen LogP contribution >= 0.6 is 0 Å². The van der Waals surface area contributed by atoms with Crippen LogP contribution in [0.5, 0.6) is 0 Å². The highest BCUT2D eigenvalue weighted by Gasteiger charge is 2.34. The zero-order chi connectivity index (χ0) is 14.0. The van der Waals surface area contributed by atoms with Crippen LogP contribution in [-0.4, -0.2) is 36.0 Å². The van der Waals surface area contributed by atoms with E-state index in [0.29, 0.717) is 30.5 Å². The Bertz CT molecular complexity index is 326. The maximum absolute atomic E-state index is 10.8. The predicted octanol–water partition coefficient (Wildman–Crippen LogP) is 2.85. The Morgan fingerprint density at radius 3 is 2.68 bits per heavy atom. The Kier molecular flexibility index (Phi) is 4.51. The normalized spacial score (nSPS) is 38.3. The average Bonchev–Trinajstić information content (AvgIpc) is 2.72. The van der Waals surface area contributed by atoms with E-state index in [1.165, 1.54) is 6.42 Å². The SMILES string of the molecule is CC1CC(OCC2CCC(C(=O)O)O2)CC(C)(C)C1. The number of carboxylic acid groups (broad SMARTS) is 1. The molecule has 4 heteroatoms. The van der Waals surface area contributed by atoms with Gasteiger partial charge in [0.15, 0.2) is 6.10 Å². The molecule has 0 aromatic heterocycles. The van der Waals surface area contributed by atoms with Gasteiger partial charge in [-0.05, 0) is 43.4 Å². The molecule has 0 bridgehead atoms. The Labute approximate surface area is 115 Å². The van der Waals surface area contributed by atoms with Gasteiger partial charge in [0, 0.05) is 0 Å². The van der Waals surface area contributed by atoms with Crippen LogP contribution in [0.3, 0.4) is 0 Å². The third-order valence-electron chi connectivity index (χ3n) is 4.25. The summed E-state index contributed by atoms with van der Waals surface area (Å²) in [6, 6.07) is 0. The van der Waals surface area contributed by atoms with Gasteiger partial charge in [0.25, 0.3) is 0 Å². The van der Waals surface area contributed by atoms with Gasteiger partial charge < -0.3 is 14.6 Å². The Hall–Kier alpha value is -0.610. The van der Waals surface area contributed by atoms with Crippen molar-refractivity contribution in [3.05, 3.63) is 0 Å². The number of rotatable bonds is 4. The largest absolute Gasteiger partial charge is 0.479 e. The molecule has 110 valence electrons. The molecule has 1 saturated carbocycles. The van der Waals surface area contributed by atoms with Crippen LogP contribution < -0.4 is 0 Å². The van der Waals surface area contributed by atoms with Crippen LogP contribution in [0.1, 0.15) is 52.9 Å². The number of ether oxygens (including phenoxy) is 2. The van der Waals surface area contributed by atoms with E-state index in [2.05, 4.69) is 20.8 Å². The highest BCUT2D eigenvalue weighted by atomic mass is 16.6. The number of carboxylic acids is 1. The summed E-state index contributed by atoms with van der Waals surface area (Å²) < 4.78 is 11.5. The van der Waals surface area contributed by atoms with Crippen molar-refractivity contribution in [1.82, 2.24) is 0 Å². The summed E-state index contributed by atoms with van der Waals surface area (Å²) in [5.41, 5.74) is 0.350. The van der Waals surface area contributed by atoms with Crippen molar-refractivity contribution in [3.63, 3.8) is 0 Å². The third-order valence-corrected chi connectivity index (χ3v) is 4.25. The molecule has 19 heavy (non-hydrogen) atoms. The quantitative estimate of drug-likeness (QED) is 0.853. The maximum Gasteiger partial charge on any atom is 0.332 e. The first-order valence-electron chi connectivity index (χ1n) is 7.35. The third kappa shape index (κ3) is 4.18. The van der Waals surface area contributed by atoms with Gasteiger partial charge in [-0.2, -0.15) is 0 Å². The summed E-state index contributed by atoms with van der Waals surface area (Å²) in [6.07, 6.45) is 4.49. The lowest BCUT2D eigenvalue weighted by Crippen LogP contribution is -2.34. The van der Waals surface area contributed by atoms with Crippen molar-refractivity contribution in [1.29, 1.82) is 0 Å². The van der Waals surface area contributed by atoms with Gasteiger partial charge in [0.2, 0.25) is 0 Å². The molecule has 0 aromatic carbocycles. The zero-order valence-electron chi connectivity index (χ0n) is 12.2. The first kappa shape index (κ1) is 14.8. The second-order valence-electron chi connectivity index (χ2n) is 7.03. The van der Waals surface area contributed by atoms with Crippen LogP contribution in [-0.2, 0) is 14.3 Å². The summed E-state index contributed by atoms with van der Waals surface area (Å²) in [4.78, 5) is 10.8. The molecule has 2 rings (SSSR count). The highest BCUT2D eigenvalue weighted by molar-refractivity contribution is 5.72. The first-order chi connectivity index (χ1) is 8.85. The summed E-state index contributed by atoms with van der Waals surface area (Å²) in [5, 5.41) is 8.89.